The van der Waals surface area contributed by atoms with Gasteiger partial charge in [-0.1, -0.05) is 5.11 Å². The van der Waals surface area contributed by atoms with Gasteiger partial charge < -0.3 is 9.47 Å². The molecule has 6 heteroatoms. The van der Waals surface area contributed by atoms with E-state index < -0.39 is 18.1 Å². The van der Waals surface area contributed by atoms with Gasteiger partial charge in [0.15, 0.2) is 6.10 Å². The monoisotopic (exact) mass is 197 g/mol. The average molecular weight is 197 g/mol. The SMILES string of the molecule is CC(=O)O[C@@H]1[C@@H](N=[N+]=[N-])C=CO[C@H]1C. The number of azide groups is 1. The Balaban J connectivity index is 2.78. The van der Waals surface area contributed by atoms with Crippen LogP contribution in [0.5, 0.6) is 0 Å². The summed E-state index contributed by atoms with van der Waals surface area (Å²) in [6, 6.07) is -0.493. The van der Waals surface area contributed by atoms with Crippen molar-refractivity contribution >= 4 is 5.97 Å². The van der Waals surface area contributed by atoms with Gasteiger partial charge in [-0.15, -0.1) is 0 Å². The van der Waals surface area contributed by atoms with Crippen LogP contribution in [0.2, 0.25) is 0 Å². The van der Waals surface area contributed by atoms with Crippen LogP contribution in [0, 0.1) is 0 Å². The summed E-state index contributed by atoms with van der Waals surface area (Å²) in [5.74, 6) is -0.418. The van der Waals surface area contributed by atoms with Gasteiger partial charge in [0, 0.05) is 11.8 Å². The zero-order valence-corrected chi connectivity index (χ0v) is 7.95. The Hall–Kier alpha value is -1.68. The number of hydrogen-bond donors (Lipinski definition) is 0. The van der Waals surface area contributed by atoms with Crippen molar-refractivity contribution in [2.75, 3.05) is 0 Å². The van der Waals surface area contributed by atoms with Crippen molar-refractivity contribution in [1.82, 2.24) is 0 Å². The van der Waals surface area contributed by atoms with E-state index in [1.54, 1.807) is 13.0 Å². The maximum Gasteiger partial charge on any atom is 0.303 e. The van der Waals surface area contributed by atoms with Gasteiger partial charge in [0.05, 0.1) is 12.3 Å². The number of nitrogens with zero attached hydrogens (tertiary/aromatic N) is 3. The fourth-order valence-electron chi connectivity index (χ4n) is 1.24. The molecule has 6 nitrogen and oxygen atoms in total. The predicted molar refractivity (Wildman–Crippen MR) is 48.2 cm³/mol. The van der Waals surface area contributed by atoms with Gasteiger partial charge in [-0.05, 0) is 18.5 Å². The van der Waals surface area contributed by atoms with E-state index in [1.807, 2.05) is 0 Å². The summed E-state index contributed by atoms with van der Waals surface area (Å²) in [6.07, 6.45) is 2.16. The van der Waals surface area contributed by atoms with Crippen molar-refractivity contribution in [3.63, 3.8) is 0 Å². The molecule has 0 aromatic heterocycles. The van der Waals surface area contributed by atoms with Gasteiger partial charge >= 0.3 is 5.97 Å². The van der Waals surface area contributed by atoms with Gasteiger partial charge in [0.2, 0.25) is 0 Å². The molecule has 0 radical (unpaired) electrons. The lowest BCUT2D eigenvalue weighted by molar-refractivity contribution is -0.153. The molecule has 14 heavy (non-hydrogen) atoms. The van der Waals surface area contributed by atoms with Crippen molar-refractivity contribution in [3.05, 3.63) is 22.8 Å². The Labute approximate surface area is 81.1 Å². The second-order valence-electron chi connectivity index (χ2n) is 2.94. The largest absolute Gasteiger partial charge is 0.495 e. The summed E-state index contributed by atoms with van der Waals surface area (Å²) >= 11 is 0. The molecule has 1 aliphatic heterocycles. The molecule has 1 aliphatic rings. The molecule has 76 valence electrons. The first-order valence-electron chi connectivity index (χ1n) is 4.18. The lowest BCUT2D eigenvalue weighted by Gasteiger charge is -2.29. The maximum atomic E-state index is 10.8. The molecule has 0 aliphatic carbocycles. The third-order valence-electron chi connectivity index (χ3n) is 1.86. The molecule has 1 heterocycles. The van der Waals surface area contributed by atoms with Crippen LogP contribution in [0.4, 0.5) is 0 Å². The van der Waals surface area contributed by atoms with E-state index >= 15 is 0 Å². The average Bonchev–Trinajstić information content (AvgIpc) is 2.11. The maximum absolute atomic E-state index is 10.8. The summed E-state index contributed by atoms with van der Waals surface area (Å²) in [5.41, 5.74) is 8.30. The van der Waals surface area contributed by atoms with Crippen molar-refractivity contribution in [2.45, 2.75) is 32.1 Å². The molecule has 0 aromatic carbocycles. The highest BCUT2D eigenvalue weighted by molar-refractivity contribution is 5.66. The highest BCUT2D eigenvalue weighted by atomic mass is 16.6. The van der Waals surface area contributed by atoms with Crippen molar-refractivity contribution in [1.29, 1.82) is 0 Å². The molecule has 0 aromatic rings. The van der Waals surface area contributed by atoms with Gasteiger partial charge in [0.1, 0.15) is 6.10 Å². The zero-order valence-electron chi connectivity index (χ0n) is 7.95. The molecule has 0 N–H and O–H groups in total. The Morgan fingerprint density at radius 3 is 3.00 bits per heavy atom. The standard InChI is InChI=1S/C8H11N3O3/c1-5-8(14-6(2)12)7(10-11-9)3-4-13-5/h3-5,7-8H,1-2H3/t5-,7-,8-/m0/s1. The van der Waals surface area contributed by atoms with Crippen LogP contribution in [0.25, 0.3) is 10.4 Å². The molecular weight excluding hydrogens is 186 g/mol. The third-order valence-corrected chi connectivity index (χ3v) is 1.86. The molecule has 0 saturated carbocycles. The molecule has 0 amide bonds. The van der Waals surface area contributed by atoms with E-state index in [0.29, 0.717) is 0 Å². The number of hydrogen-bond acceptors (Lipinski definition) is 4. The summed E-state index contributed by atoms with van der Waals surface area (Å²) < 4.78 is 10.1. The van der Waals surface area contributed by atoms with Crippen molar-refractivity contribution < 1.29 is 14.3 Å². The smallest absolute Gasteiger partial charge is 0.303 e. The lowest BCUT2D eigenvalue weighted by Crippen LogP contribution is -2.40. The van der Waals surface area contributed by atoms with Gasteiger partial charge in [-0.2, -0.15) is 0 Å². The second-order valence-corrected chi connectivity index (χ2v) is 2.94. The summed E-state index contributed by atoms with van der Waals surface area (Å²) in [4.78, 5) is 13.4. The Morgan fingerprint density at radius 1 is 1.71 bits per heavy atom. The minimum absolute atomic E-state index is 0.306. The van der Waals surface area contributed by atoms with Crippen molar-refractivity contribution in [3.8, 4) is 0 Å². The van der Waals surface area contributed by atoms with E-state index in [9.17, 15) is 4.79 Å². The fourth-order valence-corrected chi connectivity index (χ4v) is 1.24. The van der Waals surface area contributed by atoms with Gasteiger partial charge in [-0.25, -0.2) is 0 Å². The molecule has 0 unspecified atom stereocenters. The quantitative estimate of drug-likeness (QED) is 0.291. The topological polar surface area (TPSA) is 84.3 Å². The van der Waals surface area contributed by atoms with Crippen LogP contribution in [0.1, 0.15) is 13.8 Å². The molecule has 0 spiro atoms. The Bertz CT molecular complexity index is 296. The number of rotatable bonds is 2. The summed E-state index contributed by atoms with van der Waals surface area (Å²) in [5, 5.41) is 3.51. The van der Waals surface area contributed by atoms with E-state index in [-0.39, 0.29) is 6.10 Å². The third kappa shape index (κ3) is 2.40. The molecule has 0 bridgehead atoms. The highest BCUT2D eigenvalue weighted by Gasteiger charge is 2.31. The van der Waals surface area contributed by atoms with E-state index in [0.717, 1.165) is 0 Å². The zero-order chi connectivity index (χ0) is 10.6. The van der Waals surface area contributed by atoms with Gasteiger partial charge in [-0.3, -0.25) is 4.79 Å². The van der Waals surface area contributed by atoms with E-state index in [1.165, 1.54) is 13.2 Å². The molecule has 0 saturated heterocycles. The number of esters is 1. The normalized spacial score (nSPS) is 30.0. The number of carbonyl (C=O) groups excluding carboxylic acids is 1. The van der Waals surface area contributed by atoms with Crippen LogP contribution in [0.3, 0.4) is 0 Å². The van der Waals surface area contributed by atoms with Crippen LogP contribution in [0.15, 0.2) is 17.5 Å². The lowest BCUT2D eigenvalue weighted by atomic mass is 10.1. The molecule has 1 rings (SSSR count). The highest BCUT2D eigenvalue weighted by Crippen LogP contribution is 2.18. The summed E-state index contributed by atoms with van der Waals surface area (Å²) in [7, 11) is 0. The summed E-state index contributed by atoms with van der Waals surface area (Å²) in [6.45, 7) is 3.05. The molecular formula is C8H11N3O3. The first-order chi connectivity index (χ1) is 6.65. The van der Waals surface area contributed by atoms with E-state index in [4.69, 9.17) is 15.0 Å². The minimum Gasteiger partial charge on any atom is -0.495 e. The van der Waals surface area contributed by atoms with Crippen LogP contribution < -0.4 is 0 Å². The first-order valence-corrected chi connectivity index (χ1v) is 4.18. The molecule has 0 fully saturated rings. The van der Waals surface area contributed by atoms with Crippen LogP contribution in [-0.4, -0.2) is 24.2 Å². The second kappa shape index (κ2) is 4.53. The fraction of sp³-hybridized carbons (Fsp3) is 0.625. The van der Waals surface area contributed by atoms with Gasteiger partial charge in [0.25, 0.3) is 0 Å². The number of carbonyl (C=O) groups is 1. The minimum atomic E-state index is -0.548. The predicted octanol–water partition coefficient (Wildman–Crippen LogP) is 1.53. The van der Waals surface area contributed by atoms with Crippen molar-refractivity contribution in [2.24, 2.45) is 5.11 Å². The Morgan fingerprint density at radius 2 is 2.43 bits per heavy atom. The van der Waals surface area contributed by atoms with Crippen LogP contribution >= 0.6 is 0 Å². The first kappa shape index (κ1) is 10.4. The van der Waals surface area contributed by atoms with E-state index in [2.05, 4.69) is 10.0 Å². The van der Waals surface area contributed by atoms with Crippen LogP contribution in [-0.2, 0) is 14.3 Å². The molecule has 3 atom stereocenters. The number of ether oxygens (including phenoxy) is 2. The Kier molecular flexibility index (Phi) is 3.36.